The summed E-state index contributed by atoms with van der Waals surface area (Å²) in [5.41, 5.74) is 0.978. The molecular formula is C15H15N5O3. The molecule has 0 fully saturated rings. The molecule has 0 radical (unpaired) electrons. The molecule has 0 spiro atoms. The molecule has 3 aromatic heterocycles. The van der Waals surface area contributed by atoms with Gasteiger partial charge < -0.3 is 14.8 Å². The maximum atomic E-state index is 12.5. The van der Waals surface area contributed by atoms with Gasteiger partial charge in [0.1, 0.15) is 18.0 Å². The predicted octanol–water partition coefficient (Wildman–Crippen LogP) is 1.40. The van der Waals surface area contributed by atoms with E-state index >= 15 is 0 Å². The monoisotopic (exact) mass is 313 g/mol. The molecule has 1 amide bonds. The molecule has 8 nitrogen and oxygen atoms in total. The third kappa shape index (κ3) is 3.27. The quantitative estimate of drug-likeness (QED) is 0.692. The van der Waals surface area contributed by atoms with Crippen molar-refractivity contribution in [3.63, 3.8) is 0 Å². The van der Waals surface area contributed by atoms with Crippen molar-refractivity contribution in [3.8, 4) is 5.88 Å². The summed E-state index contributed by atoms with van der Waals surface area (Å²) in [5, 5.41) is 6.91. The number of pyridine rings is 1. The minimum absolute atomic E-state index is 0.257. The molecular weight excluding hydrogens is 298 g/mol. The second-order valence-corrected chi connectivity index (χ2v) is 4.58. The van der Waals surface area contributed by atoms with Crippen molar-refractivity contribution in [3.05, 3.63) is 48.4 Å². The maximum absolute atomic E-state index is 12.5. The zero-order chi connectivity index (χ0) is 16.1. The lowest BCUT2D eigenvalue weighted by molar-refractivity contribution is 0.101. The fourth-order valence-electron chi connectivity index (χ4n) is 2.01. The average Bonchev–Trinajstić information content (AvgIpc) is 3.05. The molecule has 0 atom stereocenters. The van der Waals surface area contributed by atoms with Crippen LogP contribution in [0.1, 0.15) is 10.4 Å². The third-order valence-electron chi connectivity index (χ3n) is 3.07. The first-order valence-corrected chi connectivity index (χ1v) is 6.96. The minimum Gasteiger partial charge on any atom is -0.475 e. The maximum Gasteiger partial charge on any atom is 0.262 e. The van der Waals surface area contributed by atoms with E-state index in [1.165, 1.54) is 0 Å². The van der Waals surface area contributed by atoms with E-state index in [1.807, 2.05) is 0 Å². The van der Waals surface area contributed by atoms with Crippen molar-refractivity contribution in [2.45, 2.75) is 0 Å². The van der Waals surface area contributed by atoms with Crippen LogP contribution in [0.3, 0.4) is 0 Å². The highest BCUT2D eigenvalue weighted by Crippen LogP contribution is 2.17. The van der Waals surface area contributed by atoms with Gasteiger partial charge in [0.2, 0.25) is 5.88 Å². The van der Waals surface area contributed by atoms with Crippen LogP contribution in [0.15, 0.2) is 42.9 Å². The molecule has 1 N–H and O–H groups in total. The molecule has 0 saturated heterocycles. The number of hydrogen-bond donors (Lipinski definition) is 1. The van der Waals surface area contributed by atoms with E-state index in [2.05, 4.69) is 20.4 Å². The number of ether oxygens (including phenoxy) is 2. The molecule has 8 heteroatoms. The van der Waals surface area contributed by atoms with E-state index in [-0.39, 0.29) is 11.8 Å². The van der Waals surface area contributed by atoms with Gasteiger partial charge in [-0.05, 0) is 18.2 Å². The molecule has 0 aliphatic carbocycles. The number of nitrogens with zero attached hydrogens (tertiary/aromatic N) is 4. The number of carbonyl (C=O) groups is 1. The number of hydrogen-bond acceptors (Lipinski definition) is 6. The Labute approximate surface area is 132 Å². The summed E-state index contributed by atoms with van der Waals surface area (Å²) in [7, 11) is 1.58. The van der Waals surface area contributed by atoms with Crippen LogP contribution < -0.4 is 10.1 Å². The van der Waals surface area contributed by atoms with E-state index in [0.717, 1.165) is 0 Å². The summed E-state index contributed by atoms with van der Waals surface area (Å²) in [6, 6.07) is 6.73. The second-order valence-electron chi connectivity index (χ2n) is 4.58. The molecule has 0 bridgehead atoms. The van der Waals surface area contributed by atoms with Crippen molar-refractivity contribution in [2.24, 2.45) is 0 Å². The van der Waals surface area contributed by atoms with Gasteiger partial charge in [-0.3, -0.25) is 4.79 Å². The Morgan fingerprint density at radius 1 is 1.17 bits per heavy atom. The van der Waals surface area contributed by atoms with Crippen LogP contribution in [0.4, 0.5) is 5.82 Å². The number of carbonyl (C=O) groups excluding carboxylic acids is 1. The molecule has 23 heavy (non-hydrogen) atoms. The van der Waals surface area contributed by atoms with Gasteiger partial charge in [-0.2, -0.15) is 9.61 Å². The van der Waals surface area contributed by atoms with E-state index in [4.69, 9.17) is 9.47 Å². The first-order valence-electron chi connectivity index (χ1n) is 6.96. The van der Waals surface area contributed by atoms with Crippen LogP contribution in [-0.4, -0.2) is 45.8 Å². The fraction of sp³-hybridized carbons (Fsp3) is 0.200. The van der Waals surface area contributed by atoms with Crippen molar-refractivity contribution < 1.29 is 14.3 Å². The number of fused-ring (bicyclic) bond motifs is 1. The minimum atomic E-state index is -0.339. The lowest BCUT2D eigenvalue weighted by atomic mass is 10.2. The van der Waals surface area contributed by atoms with Crippen LogP contribution in [0.5, 0.6) is 5.88 Å². The molecule has 0 aliphatic rings. The molecule has 0 saturated carbocycles. The molecule has 3 aromatic rings. The first kappa shape index (κ1) is 14.9. The number of aromatic nitrogens is 4. The lowest BCUT2D eigenvalue weighted by Gasteiger charge is -2.10. The third-order valence-corrected chi connectivity index (χ3v) is 3.07. The van der Waals surface area contributed by atoms with Crippen LogP contribution in [-0.2, 0) is 4.74 Å². The molecule has 3 heterocycles. The zero-order valence-corrected chi connectivity index (χ0v) is 12.5. The summed E-state index contributed by atoms with van der Waals surface area (Å²) in [6.07, 6.45) is 4.78. The molecule has 0 unspecified atom stereocenters. The number of methoxy groups -OCH3 is 1. The lowest BCUT2D eigenvalue weighted by Crippen LogP contribution is -2.17. The van der Waals surface area contributed by atoms with Crippen molar-refractivity contribution in [2.75, 3.05) is 25.6 Å². The van der Waals surface area contributed by atoms with Crippen LogP contribution >= 0.6 is 0 Å². The largest absolute Gasteiger partial charge is 0.475 e. The highest BCUT2D eigenvalue weighted by atomic mass is 16.5. The van der Waals surface area contributed by atoms with Gasteiger partial charge in [0.05, 0.1) is 12.8 Å². The molecule has 3 rings (SSSR count). The number of nitrogens with one attached hydrogen (secondary N) is 1. The summed E-state index contributed by atoms with van der Waals surface area (Å²) >= 11 is 0. The van der Waals surface area contributed by atoms with E-state index < -0.39 is 0 Å². The molecule has 0 aliphatic heterocycles. The van der Waals surface area contributed by atoms with Gasteiger partial charge in [-0.15, -0.1) is 0 Å². The van der Waals surface area contributed by atoms with Crippen LogP contribution in [0, 0.1) is 0 Å². The van der Waals surface area contributed by atoms with Crippen molar-refractivity contribution in [1.29, 1.82) is 0 Å². The highest BCUT2D eigenvalue weighted by molar-refractivity contribution is 6.05. The average molecular weight is 313 g/mol. The second kappa shape index (κ2) is 6.84. The zero-order valence-electron chi connectivity index (χ0n) is 12.5. The Kier molecular flexibility index (Phi) is 4.44. The Morgan fingerprint density at radius 3 is 2.96 bits per heavy atom. The normalized spacial score (nSPS) is 10.7. The topological polar surface area (TPSA) is 90.6 Å². The Morgan fingerprint density at radius 2 is 2.09 bits per heavy atom. The number of rotatable bonds is 6. The Hall–Kier alpha value is -3.00. The van der Waals surface area contributed by atoms with Gasteiger partial charge >= 0.3 is 0 Å². The fourth-order valence-corrected chi connectivity index (χ4v) is 2.01. The predicted molar refractivity (Wildman–Crippen MR) is 82.5 cm³/mol. The summed E-state index contributed by atoms with van der Waals surface area (Å²) in [6.45, 7) is 0.725. The van der Waals surface area contributed by atoms with Crippen molar-refractivity contribution in [1.82, 2.24) is 19.6 Å². The standard InChI is InChI=1S/C15H15N5O3/c1-22-9-10-23-15-11(3-2-6-17-15)14(21)19-13-4-7-16-12-5-8-18-20(12)13/h2-8H,9-10H2,1H3,(H,19,21). The van der Waals surface area contributed by atoms with Gasteiger partial charge in [0.25, 0.3) is 5.91 Å². The van der Waals surface area contributed by atoms with E-state index in [1.54, 1.807) is 54.5 Å². The van der Waals surface area contributed by atoms with Crippen LogP contribution in [0.25, 0.3) is 5.65 Å². The summed E-state index contributed by atoms with van der Waals surface area (Å²) in [5.74, 6) is 0.429. The van der Waals surface area contributed by atoms with E-state index in [0.29, 0.717) is 30.2 Å². The molecule has 118 valence electrons. The van der Waals surface area contributed by atoms with Gasteiger partial charge in [0.15, 0.2) is 5.65 Å². The Bertz CT molecular complexity index is 817. The SMILES string of the molecule is COCCOc1ncccc1C(=O)Nc1ccnc2ccnn12. The van der Waals surface area contributed by atoms with E-state index in [9.17, 15) is 4.79 Å². The number of amides is 1. The van der Waals surface area contributed by atoms with Gasteiger partial charge in [0, 0.05) is 25.6 Å². The van der Waals surface area contributed by atoms with Crippen LogP contribution in [0.2, 0.25) is 0 Å². The highest BCUT2D eigenvalue weighted by Gasteiger charge is 2.15. The van der Waals surface area contributed by atoms with Gasteiger partial charge in [-0.25, -0.2) is 9.97 Å². The summed E-state index contributed by atoms with van der Waals surface area (Å²) in [4.78, 5) is 20.7. The first-order chi connectivity index (χ1) is 11.3. The number of anilines is 1. The summed E-state index contributed by atoms with van der Waals surface area (Å²) < 4.78 is 11.9. The van der Waals surface area contributed by atoms with Crippen molar-refractivity contribution >= 4 is 17.4 Å². The molecule has 0 aromatic carbocycles. The van der Waals surface area contributed by atoms with Gasteiger partial charge in [-0.1, -0.05) is 0 Å². The smallest absolute Gasteiger partial charge is 0.262 e. The Balaban J connectivity index is 1.82.